The Morgan fingerprint density at radius 1 is 0.515 bits per heavy atom. The predicted octanol–water partition coefficient (Wildman–Crippen LogP) is 12.3. The highest BCUT2D eigenvalue weighted by atomic mass is 35.5. The first kappa shape index (κ1) is 48.9. The molecule has 0 unspecified atom stereocenters. The average Bonchev–Trinajstić information content (AvgIpc) is 3.94. The minimum Gasteiger partial charge on any atom is -0.399 e. The topological polar surface area (TPSA) is 110 Å². The molecule has 0 bridgehead atoms. The Morgan fingerprint density at radius 3 is 1.23 bits per heavy atom. The lowest BCUT2D eigenvalue weighted by molar-refractivity contribution is 0.250. The Labute approximate surface area is 400 Å². The van der Waals surface area contributed by atoms with Crippen LogP contribution in [-0.4, -0.2) is 79.3 Å². The molecule has 340 valence electrons. The number of amides is 2. The van der Waals surface area contributed by atoms with Crippen molar-refractivity contribution in [2.45, 2.75) is 13.8 Å². The minimum absolute atomic E-state index is 0.206. The first-order valence-electron chi connectivity index (χ1n) is 21.9. The van der Waals surface area contributed by atoms with E-state index in [1.807, 2.05) is 112 Å². The van der Waals surface area contributed by atoms with Gasteiger partial charge in [-0.1, -0.05) is 108 Å². The molecule has 11 heteroatoms. The summed E-state index contributed by atoms with van der Waals surface area (Å²) >= 11 is 12.2. The highest BCUT2D eigenvalue weighted by molar-refractivity contribution is 6.31. The fourth-order valence-corrected chi connectivity index (χ4v) is 7.62. The molecule has 2 aromatic heterocycles. The van der Waals surface area contributed by atoms with Crippen LogP contribution in [0.2, 0.25) is 10.0 Å². The van der Waals surface area contributed by atoms with Gasteiger partial charge in [0.1, 0.15) is 0 Å². The molecule has 6 aromatic carbocycles. The van der Waals surface area contributed by atoms with Gasteiger partial charge in [-0.25, -0.2) is 4.79 Å². The van der Waals surface area contributed by atoms with Crippen LogP contribution in [0.5, 0.6) is 0 Å². The number of aromatic nitrogens is 2. The summed E-state index contributed by atoms with van der Waals surface area (Å²) in [4.78, 5) is 16.2. The normalized spacial score (nSPS) is 10.8. The number of likely N-dealkylation sites (N-methyl/N-ethyl adjacent to an activating group) is 2. The van der Waals surface area contributed by atoms with E-state index in [9.17, 15) is 4.79 Å². The number of para-hydroxylation sites is 2. The molecule has 2 amide bonds. The molecule has 0 atom stereocenters. The van der Waals surface area contributed by atoms with Crippen molar-refractivity contribution in [2.75, 3.05) is 65.4 Å². The first-order chi connectivity index (χ1) is 31.8. The van der Waals surface area contributed by atoms with E-state index < -0.39 is 0 Å². The molecular weight excluding hydrogens is 860 g/mol. The summed E-state index contributed by atoms with van der Waals surface area (Å²) < 4.78 is 4.57. The molecule has 0 aliphatic heterocycles. The van der Waals surface area contributed by atoms with Crippen molar-refractivity contribution in [3.8, 4) is 56.4 Å². The van der Waals surface area contributed by atoms with E-state index in [-0.39, 0.29) is 6.03 Å². The van der Waals surface area contributed by atoms with Gasteiger partial charge < -0.3 is 41.0 Å². The fraction of sp³-hybridized carbons (Fsp3) is 0.182. The highest BCUT2D eigenvalue weighted by Crippen LogP contribution is 2.36. The van der Waals surface area contributed by atoms with Gasteiger partial charge in [0.05, 0.1) is 22.8 Å². The lowest BCUT2D eigenvalue weighted by Gasteiger charge is -2.17. The lowest BCUT2D eigenvalue weighted by Crippen LogP contribution is -2.34. The van der Waals surface area contributed by atoms with E-state index in [0.717, 1.165) is 92.4 Å². The molecule has 0 radical (unpaired) electrons. The molecule has 0 aliphatic carbocycles. The summed E-state index contributed by atoms with van der Waals surface area (Å²) in [5.74, 6) is 0. The van der Waals surface area contributed by atoms with Gasteiger partial charge in [-0.15, -0.1) is 0 Å². The first-order valence-corrected chi connectivity index (χ1v) is 22.7. The number of benzene rings is 6. The van der Waals surface area contributed by atoms with Crippen LogP contribution in [0.25, 0.3) is 56.4 Å². The Kier molecular flexibility index (Phi) is 17.4. The van der Waals surface area contributed by atoms with Crippen LogP contribution in [-0.2, 0) is 0 Å². The van der Waals surface area contributed by atoms with Gasteiger partial charge in [-0.2, -0.15) is 0 Å². The maximum Gasteiger partial charge on any atom is 0.319 e. The van der Waals surface area contributed by atoms with E-state index in [4.69, 9.17) is 34.7 Å². The molecule has 2 heterocycles. The Morgan fingerprint density at radius 2 is 0.879 bits per heavy atom. The van der Waals surface area contributed by atoms with Gasteiger partial charge in [-0.3, -0.25) is 0 Å². The maximum atomic E-state index is 12.2. The number of rotatable bonds is 12. The predicted molar refractivity (Wildman–Crippen MR) is 280 cm³/mol. The van der Waals surface area contributed by atoms with E-state index in [0.29, 0.717) is 11.6 Å². The fourth-order valence-electron chi connectivity index (χ4n) is 7.37. The van der Waals surface area contributed by atoms with Gasteiger partial charge >= 0.3 is 6.03 Å². The van der Waals surface area contributed by atoms with Crippen molar-refractivity contribution in [3.63, 3.8) is 0 Å². The maximum absolute atomic E-state index is 12.2. The molecule has 0 spiro atoms. The van der Waals surface area contributed by atoms with E-state index in [1.165, 1.54) is 11.1 Å². The van der Waals surface area contributed by atoms with Crippen LogP contribution < -0.4 is 22.1 Å². The van der Waals surface area contributed by atoms with E-state index in [1.54, 1.807) is 0 Å². The molecular formula is C55H60Cl2N8O. The zero-order valence-corrected chi connectivity index (χ0v) is 40.1. The molecule has 0 saturated carbocycles. The van der Waals surface area contributed by atoms with Gasteiger partial charge in [0.25, 0.3) is 0 Å². The number of hydrogen-bond acceptors (Lipinski definition) is 5. The van der Waals surface area contributed by atoms with Crippen molar-refractivity contribution in [1.82, 2.24) is 24.3 Å². The number of carbonyl (C=O) groups excluding carboxylic acids is 1. The zero-order chi connectivity index (χ0) is 47.2. The SMILES string of the molecule is CN(C)CCN.Cc1ccccc1-n1c(-c2ccc(Cl)cc2)ccc1-c1ccc(NC(=O)NCCN(C)C)cc1.Cc1ccccc1-n1c(-c2ccc(N)cc2)ccc1-c1ccc(Cl)cc1. The van der Waals surface area contributed by atoms with Gasteiger partial charge in [-0.05, 0) is 160 Å². The van der Waals surface area contributed by atoms with Crippen LogP contribution in [0, 0.1) is 13.8 Å². The standard InChI is InChI=1S/C28H29ClN4O.C23H19ClN2.C4H12N2/c1-20-6-4-5-7-25(20)33-26(21-8-12-23(29)13-9-21)16-17-27(33)22-10-14-24(15-11-22)31-28(34)30-18-19-32(2)3;1-16-4-2-3-5-21(16)26-22(17-6-10-19(24)11-7-17)14-15-23(26)18-8-12-20(25)13-9-18;1-6(2)4-3-5/h4-17H,18-19H2,1-3H3,(H2,30,31,34);2-15H,25H2,1H3;3-5H2,1-2H3. The summed E-state index contributed by atoms with van der Waals surface area (Å²) in [6.07, 6.45) is 0. The third-order valence-corrected chi connectivity index (χ3v) is 11.3. The molecule has 0 aliphatic rings. The molecule has 66 heavy (non-hydrogen) atoms. The van der Waals surface area contributed by atoms with E-state index in [2.05, 4.69) is 130 Å². The number of nitrogen functional groups attached to an aromatic ring is 1. The van der Waals surface area contributed by atoms with Crippen LogP contribution >= 0.6 is 23.2 Å². The van der Waals surface area contributed by atoms with Crippen molar-refractivity contribution in [1.29, 1.82) is 0 Å². The molecule has 6 N–H and O–H groups in total. The zero-order valence-electron chi connectivity index (χ0n) is 38.6. The third-order valence-electron chi connectivity index (χ3n) is 10.8. The monoisotopic (exact) mass is 918 g/mol. The van der Waals surface area contributed by atoms with Gasteiger partial charge in [0.2, 0.25) is 0 Å². The highest BCUT2D eigenvalue weighted by Gasteiger charge is 2.17. The van der Waals surface area contributed by atoms with Crippen LogP contribution in [0.1, 0.15) is 11.1 Å². The number of nitrogens with one attached hydrogen (secondary N) is 2. The van der Waals surface area contributed by atoms with Gasteiger partial charge in [0.15, 0.2) is 0 Å². The number of nitrogens with zero attached hydrogens (tertiary/aromatic N) is 4. The van der Waals surface area contributed by atoms with Crippen LogP contribution in [0.15, 0.2) is 170 Å². The molecule has 0 saturated heterocycles. The Bertz CT molecular complexity index is 2710. The third kappa shape index (κ3) is 13.0. The summed E-state index contributed by atoms with van der Waals surface area (Å²) in [5.41, 5.74) is 26.1. The van der Waals surface area contributed by atoms with Crippen molar-refractivity contribution >= 4 is 40.6 Å². The van der Waals surface area contributed by atoms with Gasteiger partial charge in [0, 0.05) is 59.0 Å². The van der Waals surface area contributed by atoms with Crippen molar-refractivity contribution < 1.29 is 4.79 Å². The average molecular weight is 920 g/mol. The van der Waals surface area contributed by atoms with Crippen LogP contribution in [0.4, 0.5) is 16.2 Å². The van der Waals surface area contributed by atoms with E-state index >= 15 is 0 Å². The Hall–Kier alpha value is -6.59. The second-order valence-corrected chi connectivity index (χ2v) is 17.3. The minimum atomic E-state index is -0.206. The van der Waals surface area contributed by atoms with Crippen molar-refractivity contribution in [2.24, 2.45) is 5.73 Å². The number of halogens is 2. The molecule has 8 aromatic rings. The summed E-state index contributed by atoms with van der Waals surface area (Å²) in [7, 11) is 7.96. The van der Waals surface area contributed by atoms with Crippen LogP contribution in [0.3, 0.4) is 0 Å². The summed E-state index contributed by atoms with van der Waals surface area (Å²) in [6, 6.07) is 56.9. The number of hydrogen-bond donors (Lipinski definition) is 4. The smallest absolute Gasteiger partial charge is 0.319 e. The summed E-state index contributed by atoms with van der Waals surface area (Å²) in [6.45, 7) is 7.37. The molecule has 9 nitrogen and oxygen atoms in total. The number of anilines is 2. The number of urea groups is 1. The molecule has 8 rings (SSSR count). The quantitative estimate of drug-likeness (QED) is 0.0913. The molecule has 0 fully saturated rings. The Balaban J connectivity index is 0.000000199. The lowest BCUT2D eigenvalue weighted by atomic mass is 10.1. The second-order valence-electron chi connectivity index (χ2n) is 16.4. The largest absolute Gasteiger partial charge is 0.399 e. The second kappa shape index (κ2) is 23.6. The van der Waals surface area contributed by atoms with Crippen molar-refractivity contribution in [3.05, 3.63) is 191 Å². The number of carbonyl (C=O) groups is 1. The summed E-state index contributed by atoms with van der Waals surface area (Å²) in [5, 5.41) is 7.22. The number of nitrogens with two attached hydrogens (primary N) is 2. The number of aryl methyl sites for hydroxylation is 2.